The molecule has 2 aromatic carbocycles. The maximum atomic E-state index is 12.7. The summed E-state index contributed by atoms with van der Waals surface area (Å²) < 4.78 is 56.4. The second-order valence-corrected chi connectivity index (χ2v) is 13.5. The van der Waals surface area contributed by atoms with Crippen LogP contribution in [-0.4, -0.2) is 51.9 Å². The van der Waals surface area contributed by atoms with E-state index in [1.165, 1.54) is 24.3 Å². The summed E-state index contributed by atoms with van der Waals surface area (Å²) in [5.41, 5.74) is 3.29. The topological polar surface area (TPSA) is 115 Å². The van der Waals surface area contributed by atoms with E-state index in [1.54, 1.807) is 6.07 Å². The number of anilines is 2. The van der Waals surface area contributed by atoms with Gasteiger partial charge in [0.15, 0.2) is 0 Å². The number of carbonyl (C=O) groups is 1. The van der Waals surface area contributed by atoms with Gasteiger partial charge >= 0.3 is 12.3 Å². The summed E-state index contributed by atoms with van der Waals surface area (Å²) >= 11 is 0. The van der Waals surface area contributed by atoms with Gasteiger partial charge in [0, 0.05) is 23.9 Å². The number of carboxylic acids is 1. The van der Waals surface area contributed by atoms with Crippen molar-refractivity contribution in [3.63, 3.8) is 0 Å². The fourth-order valence-electron chi connectivity index (χ4n) is 7.50. The third kappa shape index (κ3) is 6.52. The molecule has 0 spiro atoms. The highest BCUT2D eigenvalue weighted by molar-refractivity contribution is 5.83. The lowest BCUT2D eigenvalue weighted by atomic mass is 9.63. The van der Waals surface area contributed by atoms with Crippen molar-refractivity contribution < 1.29 is 42.4 Å². The zero-order chi connectivity index (χ0) is 32.1. The van der Waals surface area contributed by atoms with E-state index >= 15 is 0 Å². The quantitative estimate of drug-likeness (QED) is 0.234. The van der Waals surface area contributed by atoms with E-state index in [0.717, 1.165) is 30.3 Å². The van der Waals surface area contributed by atoms with Crippen molar-refractivity contribution in [2.75, 3.05) is 25.1 Å². The maximum absolute atomic E-state index is 12.7. The molecule has 0 bridgehead atoms. The zero-order valence-electron chi connectivity index (χ0n) is 25.6. The number of hydrogen-bond acceptors (Lipinski definition) is 7. The van der Waals surface area contributed by atoms with Gasteiger partial charge in [-0.2, -0.15) is 0 Å². The molecular weight excluding hydrogens is 579 g/mol. The number of nitrogens with one attached hydrogen (secondary N) is 1. The van der Waals surface area contributed by atoms with Crippen molar-refractivity contribution in [1.29, 1.82) is 0 Å². The van der Waals surface area contributed by atoms with Gasteiger partial charge in [0.05, 0.1) is 24.2 Å². The van der Waals surface area contributed by atoms with Gasteiger partial charge in [-0.25, -0.2) is 4.98 Å². The Morgan fingerprint density at radius 3 is 2.27 bits per heavy atom. The van der Waals surface area contributed by atoms with Crippen LogP contribution in [0.3, 0.4) is 0 Å². The molecule has 3 N–H and O–H groups in total. The van der Waals surface area contributed by atoms with Crippen LogP contribution in [0, 0.1) is 23.7 Å². The molecule has 44 heavy (non-hydrogen) atoms. The number of aliphatic hydroxyl groups excluding tert-OH is 1. The van der Waals surface area contributed by atoms with E-state index in [1.807, 2.05) is 13.0 Å². The van der Waals surface area contributed by atoms with Gasteiger partial charge in [-0.05, 0) is 85.4 Å². The molecular formula is C32H40F3N3O6. The molecule has 0 radical (unpaired) electrons. The molecule has 2 heterocycles. The Morgan fingerprint density at radius 2 is 1.73 bits per heavy atom. The number of fused-ring (bicyclic) bond motifs is 1. The normalized spacial score (nSPS) is 20.5. The number of alkyl halides is 3. The first-order chi connectivity index (χ1) is 20.5. The highest BCUT2D eigenvalue weighted by atomic mass is 19.4. The van der Waals surface area contributed by atoms with Gasteiger partial charge < -0.3 is 34.3 Å². The smallest absolute Gasteiger partial charge is 0.481 e. The number of halogens is 3. The van der Waals surface area contributed by atoms with Crippen LogP contribution in [0.25, 0.3) is 11.0 Å². The minimum atomic E-state index is -4.79. The van der Waals surface area contributed by atoms with E-state index in [9.17, 15) is 28.2 Å². The number of imidazole rings is 1. The Hall–Kier alpha value is -3.35. The number of carboxylic acid groups (broad SMARTS) is 1. The third-order valence-corrected chi connectivity index (χ3v) is 8.54. The molecule has 2 fully saturated rings. The molecule has 240 valence electrons. The second-order valence-electron chi connectivity index (χ2n) is 13.5. The highest BCUT2D eigenvalue weighted by Gasteiger charge is 2.51. The summed E-state index contributed by atoms with van der Waals surface area (Å²) in [6.45, 7) is 10.9. The number of aliphatic carboxylic acids is 1. The van der Waals surface area contributed by atoms with Crippen molar-refractivity contribution in [2.45, 2.75) is 78.5 Å². The Kier molecular flexibility index (Phi) is 8.41. The first kappa shape index (κ1) is 32.1. The molecule has 2 aliphatic rings. The fraction of sp³-hybridized carbons (Fsp3) is 0.562. The number of aryl methyl sites for hydroxylation is 1. The lowest BCUT2D eigenvalue weighted by Crippen LogP contribution is -2.42. The molecule has 1 unspecified atom stereocenters. The summed E-state index contributed by atoms with van der Waals surface area (Å²) in [5.74, 6) is -3.70. The van der Waals surface area contributed by atoms with Crippen LogP contribution < -0.4 is 10.1 Å². The van der Waals surface area contributed by atoms with Crippen molar-refractivity contribution in [2.24, 2.45) is 16.7 Å². The molecule has 9 nitrogen and oxygen atoms in total. The minimum absolute atomic E-state index is 0.0421. The number of ether oxygens (including phenoxy) is 3. The van der Waals surface area contributed by atoms with Crippen LogP contribution in [0.1, 0.15) is 70.5 Å². The standard InChI is InChI=1S/C32H40F3N3O6/c1-19-14-26-25(15-24(19)31(42-12-13-43-31)23(10-11-39)27(40)41)37-28(36-20-6-8-22(9-7-20)44-32(33,34)35)38(26)21-16-29(2,3)18-30(4,5)17-21/h6-9,14-15,21,23,39H,10-13,16-18H2,1-5H3,(H,36,37)(H,40,41). The average molecular weight is 620 g/mol. The molecule has 1 aliphatic heterocycles. The Morgan fingerprint density at radius 1 is 1.11 bits per heavy atom. The first-order valence-electron chi connectivity index (χ1n) is 14.8. The Labute approximate surface area is 254 Å². The zero-order valence-corrected chi connectivity index (χ0v) is 25.6. The number of benzene rings is 2. The molecule has 3 aromatic rings. The van der Waals surface area contributed by atoms with E-state index < -0.39 is 24.0 Å². The second kappa shape index (κ2) is 11.5. The molecule has 1 saturated carbocycles. The van der Waals surface area contributed by atoms with Gasteiger partial charge in [-0.1, -0.05) is 27.7 Å². The molecule has 12 heteroatoms. The Bertz CT molecular complexity index is 1490. The number of hydrogen-bond donors (Lipinski definition) is 3. The van der Waals surface area contributed by atoms with Crippen molar-refractivity contribution in [3.05, 3.63) is 47.5 Å². The van der Waals surface area contributed by atoms with Crippen molar-refractivity contribution >= 4 is 28.6 Å². The molecule has 1 atom stereocenters. The van der Waals surface area contributed by atoms with Crippen LogP contribution in [0.5, 0.6) is 5.75 Å². The minimum Gasteiger partial charge on any atom is -0.481 e. The van der Waals surface area contributed by atoms with E-state index in [2.05, 4.69) is 42.3 Å². The number of aromatic nitrogens is 2. The molecule has 1 aliphatic carbocycles. The summed E-state index contributed by atoms with van der Waals surface area (Å²) in [6.07, 6.45) is -2.05. The fourth-order valence-corrected chi connectivity index (χ4v) is 7.50. The van der Waals surface area contributed by atoms with Crippen molar-refractivity contribution in [1.82, 2.24) is 9.55 Å². The average Bonchev–Trinajstić information content (AvgIpc) is 3.50. The number of rotatable bonds is 9. The first-order valence-corrected chi connectivity index (χ1v) is 14.8. The lowest BCUT2D eigenvalue weighted by molar-refractivity contribution is -0.274. The summed E-state index contributed by atoms with van der Waals surface area (Å²) in [7, 11) is 0. The summed E-state index contributed by atoms with van der Waals surface area (Å²) in [5, 5.41) is 23.1. The SMILES string of the molecule is Cc1cc2c(cc1C1(C(CCO)C(=O)O)OCCO1)nc(Nc1ccc(OC(F)(F)F)cc1)n2C1CC(C)(C)CC(C)(C)C1. The van der Waals surface area contributed by atoms with E-state index in [-0.39, 0.29) is 48.9 Å². The molecule has 1 aromatic heterocycles. The van der Waals surface area contributed by atoms with E-state index in [0.29, 0.717) is 22.7 Å². The largest absolute Gasteiger partial charge is 0.573 e. The number of nitrogens with zero attached hydrogens (tertiary/aromatic N) is 2. The van der Waals surface area contributed by atoms with Gasteiger partial charge in [0.1, 0.15) is 11.7 Å². The summed E-state index contributed by atoms with van der Waals surface area (Å²) in [6, 6.07) is 9.28. The van der Waals surface area contributed by atoms with Gasteiger partial charge in [0.2, 0.25) is 11.7 Å². The van der Waals surface area contributed by atoms with Crippen LogP contribution in [0.15, 0.2) is 36.4 Å². The molecule has 1 saturated heterocycles. The Balaban J connectivity index is 1.64. The molecule has 0 amide bonds. The van der Waals surface area contributed by atoms with E-state index in [4.69, 9.17) is 14.5 Å². The maximum Gasteiger partial charge on any atom is 0.573 e. The van der Waals surface area contributed by atoms with Crippen molar-refractivity contribution in [3.8, 4) is 5.75 Å². The van der Waals surface area contributed by atoms with Crippen LogP contribution in [0.2, 0.25) is 0 Å². The predicted octanol–water partition coefficient (Wildman–Crippen LogP) is 7.05. The highest BCUT2D eigenvalue weighted by Crippen LogP contribution is 2.52. The predicted molar refractivity (Wildman–Crippen MR) is 158 cm³/mol. The third-order valence-electron chi connectivity index (χ3n) is 8.54. The summed E-state index contributed by atoms with van der Waals surface area (Å²) in [4.78, 5) is 17.3. The lowest BCUT2D eigenvalue weighted by Gasteiger charge is -2.45. The van der Waals surface area contributed by atoms with Gasteiger partial charge in [-0.3, -0.25) is 4.79 Å². The molecule has 5 rings (SSSR count). The van der Waals surface area contributed by atoms with Crippen LogP contribution >= 0.6 is 0 Å². The van der Waals surface area contributed by atoms with Crippen LogP contribution in [-0.2, 0) is 20.1 Å². The number of aliphatic hydroxyl groups is 1. The van der Waals surface area contributed by atoms with Crippen LogP contribution in [0.4, 0.5) is 24.8 Å². The monoisotopic (exact) mass is 619 g/mol. The van der Waals surface area contributed by atoms with Gasteiger partial charge in [-0.15, -0.1) is 13.2 Å². The van der Waals surface area contributed by atoms with Gasteiger partial charge in [0.25, 0.3) is 0 Å².